The number of fused-ring (bicyclic) bond motifs is 4. The number of nitrogens with zero attached hydrogens (tertiary/aromatic N) is 3. The Bertz CT molecular complexity index is 1310. The van der Waals surface area contributed by atoms with Crippen molar-refractivity contribution in [3.63, 3.8) is 0 Å². The molecule has 1 saturated heterocycles. The van der Waals surface area contributed by atoms with Crippen LogP contribution in [0.4, 0.5) is 0 Å². The Morgan fingerprint density at radius 1 is 1.14 bits per heavy atom. The normalized spacial score (nSPS) is 21.4. The number of pyridine rings is 1. The van der Waals surface area contributed by atoms with Crippen molar-refractivity contribution in [1.29, 1.82) is 0 Å². The second-order valence-corrected chi connectivity index (χ2v) is 10.8. The molecule has 194 valence electrons. The van der Waals surface area contributed by atoms with Gasteiger partial charge in [-0.25, -0.2) is 0 Å². The number of aliphatic hydroxyl groups excluding tert-OH is 1. The van der Waals surface area contributed by atoms with Crippen LogP contribution in [-0.4, -0.2) is 70.0 Å². The lowest BCUT2D eigenvalue weighted by Gasteiger charge is -2.50. The molecule has 2 aromatic heterocycles. The van der Waals surface area contributed by atoms with Crippen LogP contribution in [0.15, 0.2) is 42.7 Å². The minimum atomic E-state index is -0.399. The number of carbonyl (C=O) groups excluding carboxylic acids is 2. The molecule has 0 unspecified atom stereocenters. The lowest BCUT2D eigenvalue weighted by atomic mass is 9.68. The number of methoxy groups -OCH3 is 1. The average molecular weight is 503 g/mol. The van der Waals surface area contributed by atoms with Crippen molar-refractivity contribution in [1.82, 2.24) is 19.8 Å². The van der Waals surface area contributed by atoms with Crippen molar-refractivity contribution in [2.75, 3.05) is 33.4 Å². The van der Waals surface area contributed by atoms with E-state index in [0.717, 1.165) is 60.9 Å². The predicted molar refractivity (Wildman–Crippen MR) is 139 cm³/mol. The summed E-state index contributed by atoms with van der Waals surface area (Å²) in [5.41, 5.74) is 3.42. The number of H-pyrrole nitrogens is 1. The zero-order valence-electron chi connectivity index (χ0n) is 21.3. The van der Waals surface area contributed by atoms with Crippen molar-refractivity contribution in [2.45, 2.75) is 50.0 Å². The molecule has 2 fully saturated rings. The summed E-state index contributed by atoms with van der Waals surface area (Å²) in [5.74, 6) is 0.972. The summed E-state index contributed by atoms with van der Waals surface area (Å²) in [6.07, 6.45) is 8.81. The van der Waals surface area contributed by atoms with Gasteiger partial charge >= 0.3 is 0 Å². The molecule has 37 heavy (non-hydrogen) atoms. The number of amides is 2. The number of hydrogen-bond acceptors (Lipinski definition) is 5. The number of aromatic amines is 1. The first-order valence-corrected chi connectivity index (χ1v) is 13.4. The second-order valence-electron chi connectivity index (χ2n) is 10.8. The standard InChI is InChI=1S/C29H34N4O4/c1-37-21-6-7-22-23(16-21)31-26-24(17-34)33(28(36)19-4-2-3-5-19)18-29(25(22)26)10-14-32(15-11-29)27(35)20-8-12-30-13-9-20/h6-9,12-13,16,19,24,31,34H,2-5,10-11,14-15,17-18H2,1H3/t24-/m1/s1. The number of benzene rings is 1. The Morgan fingerprint density at radius 3 is 2.54 bits per heavy atom. The van der Waals surface area contributed by atoms with Crippen molar-refractivity contribution in [3.05, 3.63) is 59.5 Å². The minimum absolute atomic E-state index is 0.0177. The third-order valence-corrected chi connectivity index (χ3v) is 8.84. The molecule has 1 spiro atoms. The van der Waals surface area contributed by atoms with Crippen LogP contribution in [0.25, 0.3) is 10.9 Å². The summed E-state index contributed by atoms with van der Waals surface area (Å²) in [7, 11) is 1.65. The number of carbonyl (C=O) groups is 2. The van der Waals surface area contributed by atoms with Gasteiger partial charge in [0, 0.05) is 71.6 Å². The summed E-state index contributed by atoms with van der Waals surface area (Å²) in [5, 5.41) is 11.7. The van der Waals surface area contributed by atoms with E-state index in [1.807, 2.05) is 21.9 Å². The molecule has 3 aromatic rings. The Kier molecular flexibility index (Phi) is 6.15. The molecule has 1 saturated carbocycles. The van der Waals surface area contributed by atoms with E-state index in [2.05, 4.69) is 16.0 Å². The van der Waals surface area contributed by atoms with Gasteiger partial charge in [0.15, 0.2) is 0 Å². The fraction of sp³-hybridized carbons (Fsp3) is 0.483. The summed E-state index contributed by atoms with van der Waals surface area (Å²) in [6, 6.07) is 9.15. The van der Waals surface area contributed by atoms with E-state index in [1.54, 1.807) is 31.6 Å². The second kappa shape index (κ2) is 9.49. The van der Waals surface area contributed by atoms with Crippen molar-refractivity contribution >= 4 is 22.7 Å². The highest BCUT2D eigenvalue weighted by atomic mass is 16.5. The molecule has 3 aliphatic rings. The summed E-state index contributed by atoms with van der Waals surface area (Å²) < 4.78 is 5.47. The molecule has 2 aliphatic heterocycles. The van der Waals surface area contributed by atoms with E-state index in [4.69, 9.17) is 4.74 Å². The molecule has 6 rings (SSSR count). The van der Waals surface area contributed by atoms with Gasteiger partial charge in [0.1, 0.15) is 5.75 Å². The SMILES string of the molecule is COc1ccc2c3c([nH]c2c1)[C@@H](CO)N(C(=O)C1CCCC1)CC31CCN(C(=O)c2ccncc2)CC1. The maximum atomic E-state index is 13.8. The molecule has 2 amide bonds. The largest absolute Gasteiger partial charge is 0.497 e. The number of nitrogens with one attached hydrogen (secondary N) is 1. The van der Waals surface area contributed by atoms with E-state index in [-0.39, 0.29) is 29.8 Å². The average Bonchev–Trinajstić information content (AvgIpc) is 3.62. The summed E-state index contributed by atoms with van der Waals surface area (Å²) in [4.78, 5) is 38.4. The van der Waals surface area contributed by atoms with Crippen LogP contribution in [0.5, 0.6) is 5.75 Å². The zero-order chi connectivity index (χ0) is 25.6. The molecule has 1 aliphatic carbocycles. The van der Waals surface area contributed by atoms with Gasteiger partial charge in [0.25, 0.3) is 5.91 Å². The van der Waals surface area contributed by atoms with Gasteiger partial charge in [-0.2, -0.15) is 0 Å². The van der Waals surface area contributed by atoms with Crippen molar-refractivity contribution < 1.29 is 19.4 Å². The van der Waals surface area contributed by atoms with Crippen LogP contribution in [-0.2, 0) is 10.2 Å². The molecule has 0 bridgehead atoms. The third kappa shape index (κ3) is 3.98. The minimum Gasteiger partial charge on any atom is -0.497 e. The Balaban J connectivity index is 1.39. The Labute approximate surface area is 216 Å². The van der Waals surface area contributed by atoms with Gasteiger partial charge < -0.3 is 24.6 Å². The fourth-order valence-corrected chi connectivity index (χ4v) is 6.87. The van der Waals surface area contributed by atoms with E-state index < -0.39 is 6.04 Å². The van der Waals surface area contributed by atoms with Gasteiger partial charge in [-0.05, 0) is 55.5 Å². The predicted octanol–water partition coefficient (Wildman–Crippen LogP) is 3.81. The topological polar surface area (TPSA) is 98.8 Å². The number of ether oxygens (including phenoxy) is 1. The first-order valence-electron chi connectivity index (χ1n) is 13.4. The van der Waals surface area contributed by atoms with Gasteiger partial charge in [-0.1, -0.05) is 12.8 Å². The monoisotopic (exact) mass is 502 g/mol. The molecule has 2 N–H and O–H groups in total. The number of aliphatic hydroxyl groups is 1. The molecular formula is C29H34N4O4. The number of rotatable bonds is 4. The van der Waals surface area contributed by atoms with Crippen LogP contribution < -0.4 is 4.74 Å². The molecule has 0 radical (unpaired) electrons. The lowest BCUT2D eigenvalue weighted by molar-refractivity contribution is -0.141. The zero-order valence-corrected chi connectivity index (χ0v) is 21.3. The van der Waals surface area contributed by atoms with E-state index in [0.29, 0.717) is 25.2 Å². The van der Waals surface area contributed by atoms with Crippen molar-refractivity contribution in [2.24, 2.45) is 5.92 Å². The Hall–Kier alpha value is -3.39. The highest BCUT2D eigenvalue weighted by Crippen LogP contribution is 2.50. The summed E-state index contributed by atoms with van der Waals surface area (Å²) >= 11 is 0. The quantitative estimate of drug-likeness (QED) is 0.565. The first kappa shape index (κ1) is 24.0. The number of likely N-dealkylation sites (tertiary alicyclic amines) is 1. The fourth-order valence-electron chi connectivity index (χ4n) is 6.87. The maximum Gasteiger partial charge on any atom is 0.253 e. The third-order valence-electron chi connectivity index (χ3n) is 8.84. The van der Waals surface area contributed by atoms with Gasteiger partial charge in [-0.15, -0.1) is 0 Å². The van der Waals surface area contributed by atoms with E-state index in [1.165, 1.54) is 5.56 Å². The number of aromatic nitrogens is 2. The molecule has 8 nitrogen and oxygen atoms in total. The first-order chi connectivity index (χ1) is 18.0. The van der Waals surface area contributed by atoms with Crippen LogP contribution in [0.2, 0.25) is 0 Å². The smallest absolute Gasteiger partial charge is 0.253 e. The van der Waals surface area contributed by atoms with Crippen molar-refractivity contribution in [3.8, 4) is 5.75 Å². The number of hydrogen-bond donors (Lipinski definition) is 2. The van der Waals surface area contributed by atoms with Gasteiger partial charge in [-0.3, -0.25) is 14.6 Å². The van der Waals surface area contributed by atoms with Gasteiger partial charge in [0.2, 0.25) is 5.91 Å². The molecule has 8 heteroatoms. The van der Waals surface area contributed by atoms with Crippen LogP contribution in [0.3, 0.4) is 0 Å². The van der Waals surface area contributed by atoms with E-state index in [9.17, 15) is 14.7 Å². The van der Waals surface area contributed by atoms with Crippen LogP contribution >= 0.6 is 0 Å². The number of piperidine rings is 1. The molecular weight excluding hydrogens is 468 g/mol. The maximum absolute atomic E-state index is 13.8. The van der Waals surface area contributed by atoms with Crippen LogP contribution in [0, 0.1) is 5.92 Å². The van der Waals surface area contributed by atoms with E-state index >= 15 is 0 Å². The lowest BCUT2D eigenvalue weighted by Crippen LogP contribution is -2.56. The molecule has 4 heterocycles. The highest BCUT2D eigenvalue weighted by molar-refractivity contribution is 5.94. The summed E-state index contributed by atoms with van der Waals surface area (Å²) in [6.45, 7) is 1.66. The molecule has 1 aromatic carbocycles. The highest BCUT2D eigenvalue weighted by Gasteiger charge is 2.50. The molecule has 1 atom stereocenters. The Morgan fingerprint density at radius 2 is 1.86 bits per heavy atom. The van der Waals surface area contributed by atoms with Crippen LogP contribution in [0.1, 0.15) is 66.2 Å². The van der Waals surface area contributed by atoms with Gasteiger partial charge in [0.05, 0.1) is 19.8 Å².